The zero-order valence-electron chi connectivity index (χ0n) is 34.4. The molecule has 4 heterocycles. The van der Waals surface area contributed by atoms with Crippen molar-refractivity contribution in [3.05, 3.63) is 212 Å². The fourth-order valence-electron chi connectivity index (χ4n) is 10.1. The minimum atomic E-state index is 0.894. The van der Waals surface area contributed by atoms with Gasteiger partial charge in [0.05, 0.1) is 11.0 Å². The second-order valence-corrected chi connectivity index (χ2v) is 17.9. The van der Waals surface area contributed by atoms with Crippen molar-refractivity contribution in [1.82, 2.24) is 4.57 Å². The van der Waals surface area contributed by atoms with Crippen LogP contribution in [0.5, 0.6) is 0 Å². The number of nitrogens with zero attached hydrogens (tertiary/aromatic N) is 1. The van der Waals surface area contributed by atoms with Crippen molar-refractivity contribution >= 4 is 97.2 Å². The highest BCUT2D eigenvalue weighted by Gasteiger charge is 2.20. The van der Waals surface area contributed by atoms with Gasteiger partial charge in [0.15, 0.2) is 0 Å². The monoisotopic (exact) mass is 833 g/mol. The summed E-state index contributed by atoms with van der Waals surface area (Å²) in [7, 11) is 0. The Kier molecular flexibility index (Phi) is 7.56. The van der Waals surface area contributed by atoms with Crippen molar-refractivity contribution in [2.24, 2.45) is 0 Å². The van der Waals surface area contributed by atoms with Crippen LogP contribution in [-0.4, -0.2) is 4.57 Å². The third kappa shape index (κ3) is 5.40. The first-order valence-electron chi connectivity index (χ1n) is 21.7. The molecule has 0 aliphatic heterocycles. The van der Waals surface area contributed by atoms with Crippen LogP contribution in [0.4, 0.5) is 0 Å². The lowest BCUT2D eigenvalue weighted by Crippen LogP contribution is -1.92. The maximum Gasteiger partial charge on any atom is 0.135 e. The third-order valence-electron chi connectivity index (χ3n) is 13.2. The topological polar surface area (TPSA) is 31.2 Å². The quantitative estimate of drug-likeness (QED) is 0.173. The van der Waals surface area contributed by atoms with Crippen LogP contribution >= 0.6 is 11.3 Å². The molecule has 0 N–H and O–H groups in total. The van der Waals surface area contributed by atoms with E-state index in [0.717, 1.165) is 55.1 Å². The van der Waals surface area contributed by atoms with E-state index in [4.69, 9.17) is 8.83 Å². The molecule has 0 spiro atoms. The average Bonchev–Trinajstić information content (AvgIpc) is 4.12. The van der Waals surface area contributed by atoms with Gasteiger partial charge >= 0.3 is 0 Å². The van der Waals surface area contributed by atoms with Crippen LogP contribution in [0.25, 0.3) is 136 Å². The fraction of sp³-hybridized carbons (Fsp3) is 0. The number of rotatable bonds is 5. The van der Waals surface area contributed by atoms with Crippen molar-refractivity contribution in [1.29, 1.82) is 0 Å². The maximum atomic E-state index is 6.39. The van der Waals surface area contributed by atoms with E-state index < -0.39 is 0 Å². The first kappa shape index (κ1) is 35.4. The Hall–Kier alpha value is -8.18. The van der Waals surface area contributed by atoms with E-state index in [9.17, 15) is 0 Å². The van der Waals surface area contributed by atoms with Crippen LogP contribution in [-0.2, 0) is 0 Å². The Morgan fingerprint density at radius 2 is 0.672 bits per heavy atom. The predicted octanol–water partition coefficient (Wildman–Crippen LogP) is 17.6. The van der Waals surface area contributed by atoms with Crippen molar-refractivity contribution in [3.63, 3.8) is 0 Å². The summed E-state index contributed by atoms with van der Waals surface area (Å²) < 4.78 is 17.7. The summed E-state index contributed by atoms with van der Waals surface area (Å²) in [5, 5.41) is 9.56. The molecular weight excluding hydrogens is 799 g/mol. The van der Waals surface area contributed by atoms with Gasteiger partial charge in [0.25, 0.3) is 0 Å². The molecule has 0 bridgehead atoms. The minimum Gasteiger partial charge on any atom is -0.456 e. The van der Waals surface area contributed by atoms with Gasteiger partial charge in [0.1, 0.15) is 22.3 Å². The lowest BCUT2D eigenvalue weighted by Gasteiger charge is -2.08. The van der Waals surface area contributed by atoms with E-state index in [2.05, 4.69) is 217 Å². The smallest absolute Gasteiger partial charge is 0.135 e. The third-order valence-corrected chi connectivity index (χ3v) is 14.3. The van der Waals surface area contributed by atoms with Crippen LogP contribution in [0.3, 0.4) is 0 Å². The molecule has 0 fully saturated rings. The van der Waals surface area contributed by atoms with E-state index in [1.165, 1.54) is 80.9 Å². The second-order valence-electron chi connectivity index (χ2n) is 16.8. The number of fused-ring (bicyclic) bond motifs is 13. The summed E-state index contributed by atoms with van der Waals surface area (Å²) in [6.45, 7) is 0. The highest BCUT2D eigenvalue weighted by Crippen LogP contribution is 2.46. The molecule has 14 aromatic rings. The summed E-state index contributed by atoms with van der Waals surface area (Å²) in [4.78, 5) is 0. The molecule has 0 saturated carbocycles. The zero-order chi connectivity index (χ0) is 41.9. The Balaban J connectivity index is 0.963. The number of thiophene rings is 1. The Morgan fingerprint density at radius 1 is 0.281 bits per heavy atom. The fourth-order valence-corrected chi connectivity index (χ4v) is 11.2. The maximum absolute atomic E-state index is 6.39. The number of benzene rings is 10. The second kappa shape index (κ2) is 13.7. The van der Waals surface area contributed by atoms with Crippen LogP contribution in [0.1, 0.15) is 0 Å². The molecule has 0 amide bonds. The van der Waals surface area contributed by atoms with Gasteiger partial charge in [-0.3, -0.25) is 0 Å². The van der Waals surface area contributed by atoms with E-state index in [1.807, 2.05) is 11.3 Å². The predicted molar refractivity (Wildman–Crippen MR) is 270 cm³/mol. The SMILES string of the molecule is c1ccc(-c2ccc3oc4ccc(-c5ccc6sc7ccc8c(c9cc(-c%10ccc%11oc%12ccc(-c%13ccccc%13)cc%12c%11c%10)ccc9n8-c8ccccc8)c7c6c5)cc4c3c2)cc1. The summed E-state index contributed by atoms with van der Waals surface area (Å²) in [6, 6.07) is 76.8. The molecule has 0 saturated heterocycles. The highest BCUT2D eigenvalue weighted by molar-refractivity contribution is 7.26. The summed E-state index contributed by atoms with van der Waals surface area (Å²) in [5.74, 6) is 0. The van der Waals surface area contributed by atoms with Crippen molar-refractivity contribution in [3.8, 4) is 50.2 Å². The molecule has 0 aliphatic rings. The van der Waals surface area contributed by atoms with E-state index in [1.54, 1.807) is 0 Å². The molecule has 3 nitrogen and oxygen atoms in total. The Bertz CT molecular complexity index is 4170. The first-order chi connectivity index (χ1) is 31.7. The van der Waals surface area contributed by atoms with Crippen LogP contribution in [0.2, 0.25) is 0 Å². The largest absolute Gasteiger partial charge is 0.456 e. The number of hydrogen-bond donors (Lipinski definition) is 0. The Morgan fingerprint density at radius 3 is 1.19 bits per heavy atom. The van der Waals surface area contributed by atoms with Crippen molar-refractivity contribution in [2.75, 3.05) is 0 Å². The standard InChI is InChI=1S/C60H35NO2S/c1-4-10-36(11-5-1)38-17-24-53-45(30-38)47-32-41(19-26-55(47)62-53)40-16-22-51-49(34-40)59-52(61(51)44-14-8-3-9-15-44)23-29-58-60(59)50-35-43(21-28-57(50)64-58)42-20-27-56-48(33-42)46-31-39(18-25-54(46)63-56)37-12-6-2-7-13-37/h1-35H. The van der Waals surface area contributed by atoms with E-state index in [-0.39, 0.29) is 0 Å². The molecule has 298 valence electrons. The zero-order valence-corrected chi connectivity index (χ0v) is 35.2. The van der Waals surface area contributed by atoms with Gasteiger partial charge in [0, 0.05) is 58.2 Å². The lowest BCUT2D eigenvalue weighted by molar-refractivity contribution is 0.668. The van der Waals surface area contributed by atoms with Crippen LogP contribution < -0.4 is 0 Å². The molecule has 64 heavy (non-hydrogen) atoms. The van der Waals surface area contributed by atoms with Gasteiger partial charge in [-0.15, -0.1) is 11.3 Å². The van der Waals surface area contributed by atoms with Gasteiger partial charge < -0.3 is 13.4 Å². The van der Waals surface area contributed by atoms with Gasteiger partial charge in [-0.2, -0.15) is 0 Å². The number of para-hydroxylation sites is 1. The normalized spacial score (nSPS) is 12.1. The van der Waals surface area contributed by atoms with Gasteiger partial charge in [-0.05, 0) is 142 Å². The highest BCUT2D eigenvalue weighted by atomic mass is 32.1. The van der Waals surface area contributed by atoms with Gasteiger partial charge in [-0.25, -0.2) is 0 Å². The van der Waals surface area contributed by atoms with E-state index in [0.29, 0.717) is 0 Å². The van der Waals surface area contributed by atoms with Gasteiger partial charge in [0.2, 0.25) is 0 Å². The summed E-state index contributed by atoms with van der Waals surface area (Å²) in [5.41, 5.74) is 16.5. The van der Waals surface area contributed by atoms with Crippen LogP contribution in [0.15, 0.2) is 221 Å². The Labute approximate surface area is 371 Å². The lowest BCUT2D eigenvalue weighted by atomic mass is 9.97. The molecule has 14 rings (SSSR count). The van der Waals surface area contributed by atoms with Gasteiger partial charge in [-0.1, -0.05) is 115 Å². The van der Waals surface area contributed by atoms with Crippen molar-refractivity contribution in [2.45, 2.75) is 0 Å². The molecule has 0 unspecified atom stereocenters. The first-order valence-corrected chi connectivity index (χ1v) is 22.5. The average molecular weight is 834 g/mol. The molecular formula is C60H35NO2S. The summed E-state index contributed by atoms with van der Waals surface area (Å²) >= 11 is 1.87. The van der Waals surface area contributed by atoms with Crippen molar-refractivity contribution < 1.29 is 8.83 Å². The molecule has 0 atom stereocenters. The summed E-state index contributed by atoms with van der Waals surface area (Å²) in [6.07, 6.45) is 0. The van der Waals surface area contributed by atoms with Crippen LogP contribution in [0, 0.1) is 0 Å². The number of furan rings is 2. The number of hydrogen-bond acceptors (Lipinski definition) is 3. The number of aromatic nitrogens is 1. The van der Waals surface area contributed by atoms with E-state index >= 15 is 0 Å². The molecule has 0 radical (unpaired) electrons. The minimum absolute atomic E-state index is 0.894. The molecule has 4 heteroatoms. The molecule has 10 aromatic carbocycles. The molecule has 0 aliphatic carbocycles. The molecule has 4 aromatic heterocycles.